The van der Waals surface area contributed by atoms with E-state index in [0.29, 0.717) is 25.3 Å². The molecular weight excluding hydrogens is 248 g/mol. The van der Waals surface area contributed by atoms with Gasteiger partial charge in [-0.15, -0.1) is 11.6 Å². The van der Waals surface area contributed by atoms with Gasteiger partial charge in [-0.2, -0.15) is 0 Å². The Balaban J connectivity index is 2.82. The lowest BCUT2D eigenvalue weighted by Gasteiger charge is -2.20. The van der Waals surface area contributed by atoms with Crippen LogP contribution >= 0.6 is 11.6 Å². The molecule has 1 rings (SSSR count). The molecule has 1 aromatic rings. The molecule has 0 atom stereocenters. The zero-order valence-corrected chi connectivity index (χ0v) is 10.7. The van der Waals surface area contributed by atoms with Gasteiger partial charge < -0.3 is 9.64 Å². The molecule has 0 heterocycles. The van der Waals surface area contributed by atoms with E-state index in [2.05, 4.69) is 0 Å². The third kappa shape index (κ3) is 3.82. The van der Waals surface area contributed by atoms with Crippen molar-refractivity contribution in [1.29, 1.82) is 0 Å². The fraction of sp³-hybridized carbons (Fsp3) is 0.500. The number of alkyl halides is 1. The van der Waals surface area contributed by atoms with Crippen LogP contribution in [0.4, 0.5) is 14.5 Å². The smallest absolute Gasteiger partial charge is 0.149 e. The molecule has 0 aliphatic carbocycles. The Kier molecular flexibility index (Phi) is 5.65. The molecule has 0 bridgehead atoms. The third-order valence-corrected chi connectivity index (χ3v) is 2.70. The molecular formula is C12H16ClF2NO. The van der Waals surface area contributed by atoms with Crippen molar-refractivity contribution in [2.24, 2.45) is 0 Å². The Hall–Kier alpha value is -0.870. The summed E-state index contributed by atoms with van der Waals surface area (Å²) in [6, 6.07) is 2.51. The van der Waals surface area contributed by atoms with E-state index in [1.165, 1.54) is 17.0 Å². The van der Waals surface area contributed by atoms with E-state index in [1.807, 2.05) is 6.92 Å². The zero-order chi connectivity index (χ0) is 12.8. The molecule has 0 saturated carbocycles. The molecule has 0 aliphatic rings. The Bertz CT molecular complexity index is 351. The van der Waals surface area contributed by atoms with E-state index in [9.17, 15) is 8.78 Å². The van der Waals surface area contributed by atoms with Gasteiger partial charge in [0.05, 0.1) is 6.61 Å². The topological polar surface area (TPSA) is 12.5 Å². The first-order chi connectivity index (χ1) is 8.10. The molecule has 0 unspecified atom stereocenters. The lowest BCUT2D eigenvalue weighted by Crippen LogP contribution is -2.24. The van der Waals surface area contributed by atoms with Crippen LogP contribution in [-0.2, 0) is 10.6 Å². The molecule has 0 aliphatic heterocycles. The van der Waals surface area contributed by atoms with Crippen LogP contribution in [0.5, 0.6) is 0 Å². The number of hydrogen-bond donors (Lipinski definition) is 0. The van der Waals surface area contributed by atoms with Gasteiger partial charge in [-0.3, -0.25) is 0 Å². The summed E-state index contributed by atoms with van der Waals surface area (Å²) >= 11 is 5.54. The van der Waals surface area contributed by atoms with Crippen LogP contribution in [0, 0.1) is 11.6 Å². The number of likely N-dealkylation sites (N-methyl/N-ethyl adjacent to an activating group) is 1. The van der Waals surface area contributed by atoms with Gasteiger partial charge in [0.1, 0.15) is 17.3 Å². The highest BCUT2D eigenvalue weighted by Gasteiger charge is 2.14. The normalized spacial score (nSPS) is 10.6. The minimum absolute atomic E-state index is 0.0430. The van der Waals surface area contributed by atoms with Crippen molar-refractivity contribution in [1.82, 2.24) is 0 Å². The number of ether oxygens (including phenoxy) is 1. The van der Waals surface area contributed by atoms with Crippen molar-refractivity contribution in [3.8, 4) is 0 Å². The number of nitrogens with zero attached hydrogens (tertiary/aromatic N) is 1. The highest BCUT2D eigenvalue weighted by molar-refractivity contribution is 6.17. The molecule has 0 saturated heterocycles. The summed E-state index contributed by atoms with van der Waals surface area (Å²) in [4.78, 5) is 1.50. The third-order valence-electron chi connectivity index (χ3n) is 2.39. The van der Waals surface area contributed by atoms with Crippen molar-refractivity contribution >= 4 is 17.3 Å². The van der Waals surface area contributed by atoms with E-state index >= 15 is 0 Å². The molecule has 0 spiro atoms. The summed E-state index contributed by atoms with van der Waals surface area (Å²) in [5.41, 5.74) is 0.391. The van der Waals surface area contributed by atoms with Crippen LogP contribution < -0.4 is 4.90 Å². The fourth-order valence-electron chi connectivity index (χ4n) is 1.52. The molecule has 0 aromatic heterocycles. The lowest BCUT2D eigenvalue weighted by molar-refractivity contribution is 0.154. The number of rotatable bonds is 6. The SMILES string of the molecule is CCOCCN(C)c1c(F)cc(CCl)cc1F. The van der Waals surface area contributed by atoms with Crippen molar-refractivity contribution in [3.63, 3.8) is 0 Å². The first-order valence-corrected chi connectivity index (χ1v) is 5.96. The lowest BCUT2D eigenvalue weighted by atomic mass is 10.2. The van der Waals surface area contributed by atoms with E-state index < -0.39 is 11.6 Å². The van der Waals surface area contributed by atoms with Crippen LogP contribution in [0.15, 0.2) is 12.1 Å². The highest BCUT2D eigenvalue weighted by Crippen LogP contribution is 2.24. The predicted molar refractivity (Wildman–Crippen MR) is 65.7 cm³/mol. The van der Waals surface area contributed by atoms with E-state index in [4.69, 9.17) is 16.3 Å². The number of anilines is 1. The Labute approximate surface area is 105 Å². The summed E-state index contributed by atoms with van der Waals surface area (Å²) < 4.78 is 32.5. The van der Waals surface area contributed by atoms with E-state index in [-0.39, 0.29) is 11.6 Å². The predicted octanol–water partition coefficient (Wildman–Crippen LogP) is 3.18. The Morgan fingerprint density at radius 3 is 2.35 bits per heavy atom. The monoisotopic (exact) mass is 263 g/mol. The van der Waals surface area contributed by atoms with Crippen LogP contribution in [0.25, 0.3) is 0 Å². The second kappa shape index (κ2) is 6.77. The van der Waals surface area contributed by atoms with E-state index in [1.54, 1.807) is 7.05 Å². The van der Waals surface area contributed by atoms with Gasteiger partial charge in [-0.05, 0) is 24.6 Å². The summed E-state index contributed by atoms with van der Waals surface area (Å²) in [6.07, 6.45) is 0. The van der Waals surface area contributed by atoms with Gasteiger partial charge in [0.2, 0.25) is 0 Å². The van der Waals surface area contributed by atoms with Gasteiger partial charge >= 0.3 is 0 Å². The maximum absolute atomic E-state index is 13.7. The zero-order valence-electron chi connectivity index (χ0n) is 9.97. The minimum atomic E-state index is -0.598. The molecule has 0 N–H and O–H groups in total. The molecule has 0 amide bonds. The van der Waals surface area contributed by atoms with Crippen molar-refractivity contribution in [2.45, 2.75) is 12.8 Å². The van der Waals surface area contributed by atoms with Gasteiger partial charge in [0, 0.05) is 26.1 Å². The fourth-order valence-corrected chi connectivity index (χ4v) is 1.67. The summed E-state index contributed by atoms with van der Waals surface area (Å²) in [6.45, 7) is 3.32. The Morgan fingerprint density at radius 2 is 1.88 bits per heavy atom. The van der Waals surface area contributed by atoms with Crippen molar-refractivity contribution < 1.29 is 13.5 Å². The number of hydrogen-bond acceptors (Lipinski definition) is 2. The first-order valence-electron chi connectivity index (χ1n) is 5.42. The number of halogens is 3. The molecule has 1 aromatic carbocycles. The van der Waals surface area contributed by atoms with Crippen LogP contribution in [0.3, 0.4) is 0 Å². The first kappa shape index (κ1) is 14.2. The molecule has 17 heavy (non-hydrogen) atoms. The average molecular weight is 264 g/mol. The maximum Gasteiger partial charge on any atom is 0.149 e. The Morgan fingerprint density at radius 1 is 1.29 bits per heavy atom. The van der Waals surface area contributed by atoms with Crippen molar-refractivity contribution in [3.05, 3.63) is 29.3 Å². The van der Waals surface area contributed by atoms with Crippen LogP contribution in [0.1, 0.15) is 12.5 Å². The van der Waals surface area contributed by atoms with Gasteiger partial charge in [-0.25, -0.2) is 8.78 Å². The maximum atomic E-state index is 13.7. The quantitative estimate of drug-likeness (QED) is 0.577. The second-order valence-electron chi connectivity index (χ2n) is 3.66. The average Bonchev–Trinajstić information content (AvgIpc) is 2.28. The summed E-state index contributed by atoms with van der Waals surface area (Å²) in [5.74, 6) is -1.10. The summed E-state index contributed by atoms with van der Waals surface area (Å²) in [7, 11) is 1.63. The number of benzene rings is 1. The summed E-state index contributed by atoms with van der Waals surface area (Å²) in [5, 5.41) is 0. The largest absolute Gasteiger partial charge is 0.380 e. The highest BCUT2D eigenvalue weighted by atomic mass is 35.5. The van der Waals surface area contributed by atoms with Gasteiger partial charge in [0.25, 0.3) is 0 Å². The molecule has 2 nitrogen and oxygen atoms in total. The van der Waals surface area contributed by atoms with Gasteiger partial charge in [0.15, 0.2) is 0 Å². The molecule has 0 fully saturated rings. The van der Waals surface area contributed by atoms with Gasteiger partial charge in [-0.1, -0.05) is 0 Å². The molecule has 0 radical (unpaired) electrons. The molecule has 96 valence electrons. The standard InChI is InChI=1S/C12H16ClF2NO/c1-3-17-5-4-16(2)12-10(14)6-9(8-13)7-11(12)15/h6-7H,3-5,8H2,1-2H3. The minimum Gasteiger partial charge on any atom is -0.380 e. The van der Waals surface area contributed by atoms with Crippen LogP contribution in [0.2, 0.25) is 0 Å². The van der Waals surface area contributed by atoms with Crippen molar-refractivity contribution in [2.75, 3.05) is 31.7 Å². The molecule has 5 heteroatoms. The second-order valence-corrected chi connectivity index (χ2v) is 3.93. The van der Waals surface area contributed by atoms with E-state index in [0.717, 1.165) is 0 Å². The van der Waals surface area contributed by atoms with Crippen LogP contribution in [-0.4, -0.2) is 26.8 Å².